The number of carbonyl (C=O) groups is 3. The summed E-state index contributed by atoms with van der Waals surface area (Å²) in [6.45, 7) is 0.678. The third kappa shape index (κ3) is 1.97. The minimum Gasteiger partial charge on any atom is -0.324 e. The number of carbonyl (C=O) groups excluding carboxylic acids is 3. The normalized spacial score (nSPS) is 32.0. The number of amides is 3. The van der Waals surface area contributed by atoms with Crippen LogP contribution in [0, 0.1) is 11.8 Å². The number of halogens is 2. The summed E-state index contributed by atoms with van der Waals surface area (Å²) < 4.78 is 0. The molecule has 0 radical (unpaired) electrons. The fraction of sp³-hybridized carbons (Fsp3) is 0.318. The highest BCUT2D eigenvalue weighted by atomic mass is 35.5. The summed E-state index contributed by atoms with van der Waals surface area (Å²) in [5.74, 6) is -2.32. The summed E-state index contributed by atoms with van der Waals surface area (Å²) in [6.07, 6.45) is 1.65. The van der Waals surface area contributed by atoms with Crippen molar-refractivity contribution in [2.75, 3.05) is 16.8 Å². The van der Waals surface area contributed by atoms with Crippen LogP contribution in [0.15, 0.2) is 42.5 Å². The number of fused-ring (bicyclic) bond motifs is 7. The Balaban J connectivity index is 1.57. The van der Waals surface area contributed by atoms with Gasteiger partial charge in [0.15, 0.2) is 0 Å². The Morgan fingerprint density at radius 3 is 2.63 bits per heavy atom. The molecule has 1 spiro atoms. The average molecular weight is 442 g/mol. The van der Waals surface area contributed by atoms with Crippen LogP contribution < -0.4 is 10.2 Å². The Labute approximate surface area is 182 Å². The third-order valence-electron chi connectivity index (χ3n) is 7.07. The van der Waals surface area contributed by atoms with E-state index in [0.29, 0.717) is 12.2 Å². The fourth-order valence-corrected chi connectivity index (χ4v) is 6.44. The molecule has 0 saturated carbocycles. The van der Waals surface area contributed by atoms with Gasteiger partial charge in [-0.1, -0.05) is 47.5 Å². The van der Waals surface area contributed by atoms with E-state index in [1.807, 2.05) is 24.3 Å². The lowest BCUT2D eigenvalue weighted by molar-refractivity contribution is -0.135. The smallest absolute Gasteiger partial charge is 0.250 e. The molecule has 0 bridgehead atoms. The number of nitrogens with one attached hydrogen (secondary N) is 1. The van der Waals surface area contributed by atoms with Crippen LogP contribution in [0.2, 0.25) is 10.0 Å². The molecule has 6 nitrogen and oxygen atoms in total. The number of hydrogen-bond acceptors (Lipinski definition) is 4. The van der Waals surface area contributed by atoms with E-state index in [2.05, 4.69) is 10.2 Å². The van der Waals surface area contributed by atoms with Crippen molar-refractivity contribution < 1.29 is 14.4 Å². The summed E-state index contributed by atoms with van der Waals surface area (Å²) in [7, 11) is 0. The van der Waals surface area contributed by atoms with Gasteiger partial charge in [0.2, 0.25) is 17.7 Å². The molecule has 4 atom stereocenters. The Hall–Kier alpha value is -2.41. The molecule has 4 aliphatic heterocycles. The fourth-order valence-electron chi connectivity index (χ4n) is 6.06. The molecule has 3 saturated heterocycles. The topological polar surface area (TPSA) is 69.7 Å². The number of hydrogen-bond donors (Lipinski definition) is 1. The molecule has 4 aliphatic rings. The van der Waals surface area contributed by atoms with Crippen LogP contribution in [0.3, 0.4) is 0 Å². The molecule has 2 aromatic carbocycles. The standard InChI is InChI=1S/C22H17Cl2N3O3/c23-12-6-3-8-15(18(12)24)27-19(28)16-14-9-4-10-26(14)22(17(16)20(27)29)11-5-1-2-7-13(11)25-21(22)30/h1-3,5-8,14,16-17H,4,9-10H2,(H,25,30)/t14-,16+,17-,22+/m0/s1. The number of benzene rings is 2. The maximum atomic E-state index is 13.8. The van der Waals surface area contributed by atoms with Crippen molar-refractivity contribution in [1.29, 1.82) is 0 Å². The van der Waals surface area contributed by atoms with E-state index in [1.54, 1.807) is 18.2 Å². The second-order valence-electron chi connectivity index (χ2n) is 8.26. The van der Waals surface area contributed by atoms with Gasteiger partial charge < -0.3 is 5.32 Å². The molecule has 3 fully saturated rings. The van der Waals surface area contributed by atoms with E-state index in [9.17, 15) is 14.4 Å². The van der Waals surface area contributed by atoms with Crippen molar-refractivity contribution >= 4 is 52.3 Å². The first-order chi connectivity index (χ1) is 14.5. The molecule has 8 heteroatoms. The zero-order valence-corrected chi connectivity index (χ0v) is 17.3. The lowest BCUT2D eigenvalue weighted by Gasteiger charge is -2.36. The molecule has 0 aliphatic carbocycles. The van der Waals surface area contributed by atoms with Crippen LogP contribution in [0.1, 0.15) is 18.4 Å². The predicted molar refractivity (Wildman–Crippen MR) is 112 cm³/mol. The summed E-state index contributed by atoms with van der Waals surface area (Å²) in [5, 5.41) is 3.39. The van der Waals surface area contributed by atoms with Gasteiger partial charge in [-0.25, -0.2) is 4.90 Å². The van der Waals surface area contributed by atoms with E-state index >= 15 is 0 Å². The lowest BCUT2D eigenvalue weighted by atomic mass is 9.75. The zero-order chi connectivity index (χ0) is 20.8. The lowest BCUT2D eigenvalue weighted by Crippen LogP contribution is -2.54. The Morgan fingerprint density at radius 1 is 1.00 bits per heavy atom. The highest BCUT2D eigenvalue weighted by molar-refractivity contribution is 6.45. The molecule has 1 N–H and O–H groups in total. The summed E-state index contributed by atoms with van der Waals surface area (Å²) in [4.78, 5) is 44.1. The van der Waals surface area contributed by atoms with E-state index < -0.39 is 23.3 Å². The van der Waals surface area contributed by atoms with Gasteiger partial charge in [-0.2, -0.15) is 0 Å². The SMILES string of the molecule is O=C1[C@H]2[C@@H](C(=O)N1c1cccc(Cl)c1Cl)[C@]1(C(=O)Nc3ccccc31)N1CCC[C@@H]21. The second-order valence-corrected chi connectivity index (χ2v) is 9.04. The minimum absolute atomic E-state index is 0.161. The Morgan fingerprint density at radius 2 is 1.80 bits per heavy atom. The number of rotatable bonds is 1. The molecule has 6 rings (SSSR count). The Bertz CT molecular complexity index is 1150. The number of imide groups is 1. The monoisotopic (exact) mass is 441 g/mol. The van der Waals surface area contributed by atoms with Gasteiger partial charge in [-0.05, 0) is 37.6 Å². The summed E-state index contributed by atoms with van der Waals surface area (Å²) in [5.41, 5.74) is 0.581. The van der Waals surface area contributed by atoms with Gasteiger partial charge >= 0.3 is 0 Å². The van der Waals surface area contributed by atoms with E-state index in [1.165, 1.54) is 0 Å². The van der Waals surface area contributed by atoms with Crippen LogP contribution in [0.25, 0.3) is 0 Å². The Kier molecular flexibility index (Phi) is 3.71. The van der Waals surface area contributed by atoms with E-state index in [4.69, 9.17) is 23.2 Å². The van der Waals surface area contributed by atoms with Crippen LogP contribution in [-0.4, -0.2) is 35.2 Å². The van der Waals surface area contributed by atoms with E-state index in [0.717, 1.165) is 23.3 Å². The van der Waals surface area contributed by atoms with Crippen LogP contribution in [0.4, 0.5) is 11.4 Å². The largest absolute Gasteiger partial charge is 0.324 e. The molecule has 4 heterocycles. The average Bonchev–Trinajstić information content (AvgIpc) is 3.43. The first-order valence-corrected chi connectivity index (χ1v) is 10.7. The first kappa shape index (κ1) is 18.4. The first-order valence-electron chi connectivity index (χ1n) is 9.97. The quantitative estimate of drug-likeness (QED) is 0.688. The second kappa shape index (κ2) is 6.06. The van der Waals surface area contributed by atoms with Gasteiger partial charge in [0.05, 0.1) is 27.6 Å². The van der Waals surface area contributed by atoms with Crippen molar-refractivity contribution in [2.24, 2.45) is 11.8 Å². The van der Waals surface area contributed by atoms with E-state index in [-0.39, 0.29) is 33.6 Å². The van der Waals surface area contributed by atoms with Gasteiger partial charge in [0, 0.05) is 17.3 Å². The van der Waals surface area contributed by atoms with Gasteiger partial charge in [0.1, 0.15) is 5.54 Å². The van der Waals surface area contributed by atoms with Crippen molar-refractivity contribution in [1.82, 2.24) is 4.90 Å². The zero-order valence-electron chi connectivity index (χ0n) is 15.8. The minimum atomic E-state index is -1.17. The molecule has 0 aromatic heterocycles. The maximum absolute atomic E-state index is 13.8. The number of para-hydroxylation sites is 1. The maximum Gasteiger partial charge on any atom is 0.250 e. The highest BCUT2D eigenvalue weighted by Crippen LogP contribution is 2.60. The summed E-state index contributed by atoms with van der Waals surface area (Å²) in [6, 6.07) is 12.2. The summed E-state index contributed by atoms with van der Waals surface area (Å²) >= 11 is 12.5. The van der Waals surface area contributed by atoms with Crippen molar-refractivity contribution in [3.8, 4) is 0 Å². The number of anilines is 2. The molecule has 30 heavy (non-hydrogen) atoms. The molecule has 0 unspecified atom stereocenters. The highest BCUT2D eigenvalue weighted by Gasteiger charge is 2.74. The van der Waals surface area contributed by atoms with Crippen LogP contribution >= 0.6 is 23.2 Å². The van der Waals surface area contributed by atoms with Crippen molar-refractivity contribution in [2.45, 2.75) is 24.4 Å². The van der Waals surface area contributed by atoms with Gasteiger partial charge in [-0.15, -0.1) is 0 Å². The molecule has 152 valence electrons. The van der Waals surface area contributed by atoms with Crippen molar-refractivity contribution in [3.05, 3.63) is 58.1 Å². The predicted octanol–water partition coefficient (Wildman–Crippen LogP) is 3.42. The van der Waals surface area contributed by atoms with Gasteiger partial charge in [0.25, 0.3) is 0 Å². The molecule has 3 amide bonds. The molecular weight excluding hydrogens is 425 g/mol. The molecular formula is C22H17Cl2N3O3. The van der Waals surface area contributed by atoms with Crippen molar-refractivity contribution in [3.63, 3.8) is 0 Å². The number of nitrogens with zero attached hydrogens (tertiary/aromatic N) is 2. The third-order valence-corrected chi connectivity index (χ3v) is 7.88. The van der Waals surface area contributed by atoms with Gasteiger partial charge in [-0.3, -0.25) is 19.3 Å². The molecule has 2 aromatic rings. The van der Waals surface area contributed by atoms with Crippen LogP contribution in [-0.2, 0) is 19.9 Å². The van der Waals surface area contributed by atoms with Crippen LogP contribution in [0.5, 0.6) is 0 Å².